The molecular formula is C45H25N5. The number of fused-ring (bicyclic) bond motifs is 6. The number of rotatable bonds is 4. The molecule has 0 radical (unpaired) electrons. The summed E-state index contributed by atoms with van der Waals surface area (Å²) in [5, 5.41) is 14.4. The standard InChI is InChI=1S/C45H25N5/c1-47-31-19-24-44-40(26-31)37-11-5-8-14-43(37)50(44)45-27-32(48-2)18-23-38(45)34-22-15-29(28-46)25-39(34)30-16-20-33(21-17-30)49-41-12-6-3-9-35(41)36-10-4-7-13-42(36)49/h3-27H. The SMILES string of the molecule is [C-]#[N+]c1ccc(-c2ccc(C#N)cc2-c2ccc(-n3c4ccccc4c4ccccc43)cc2)c(-n2c3ccccc3c3cc([N+]#[C-])ccc32)c1. The van der Waals surface area contributed by atoms with E-state index < -0.39 is 0 Å². The van der Waals surface area contributed by atoms with Crippen molar-refractivity contribution >= 4 is 55.0 Å². The van der Waals surface area contributed by atoms with Crippen molar-refractivity contribution in [2.75, 3.05) is 0 Å². The molecule has 0 saturated carbocycles. The van der Waals surface area contributed by atoms with Gasteiger partial charge in [0.25, 0.3) is 0 Å². The number of nitriles is 1. The van der Waals surface area contributed by atoms with E-state index >= 15 is 0 Å². The van der Waals surface area contributed by atoms with Crippen molar-refractivity contribution in [3.8, 4) is 39.7 Å². The van der Waals surface area contributed by atoms with E-state index in [1.54, 1.807) is 0 Å². The minimum Gasteiger partial charge on any atom is -0.310 e. The normalized spacial score (nSPS) is 11.1. The molecule has 0 unspecified atom stereocenters. The highest BCUT2D eigenvalue weighted by Crippen LogP contribution is 2.42. The first-order valence-electron chi connectivity index (χ1n) is 16.2. The number of nitrogens with zero attached hydrogens (tertiary/aromatic N) is 5. The maximum absolute atomic E-state index is 9.98. The molecule has 7 aromatic carbocycles. The second kappa shape index (κ2) is 11.4. The second-order valence-corrected chi connectivity index (χ2v) is 12.3. The number of hydrogen-bond donors (Lipinski definition) is 0. The van der Waals surface area contributed by atoms with Crippen LogP contribution in [0.3, 0.4) is 0 Å². The third kappa shape index (κ3) is 4.38. The van der Waals surface area contributed by atoms with Crippen LogP contribution in [-0.4, -0.2) is 9.13 Å². The van der Waals surface area contributed by atoms with Crippen LogP contribution in [0.25, 0.3) is 86.9 Å². The van der Waals surface area contributed by atoms with Gasteiger partial charge in [-0.15, -0.1) is 0 Å². The number of para-hydroxylation sites is 3. The lowest BCUT2D eigenvalue weighted by molar-refractivity contribution is 1.18. The Balaban J connectivity index is 1.26. The Kier molecular flexibility index (Phi) is 6.56. The van der Waals surface area contributed by atoms with Crippen LogP contribution < -0.4 is 0 Å². The van der Waals surface area contributed by atoms with E-state index in [2.05, 4.69) is 110 Å². The smallest absolute Gasteiger partial charge is 0.189 e. The first-order valence-corrected chi connectivity index (χ1v) is 16.2. The largest absolute Gasteiger partial charge is 0.310 e. The predicted octanol–water partition coefficient (Wildman–Crippen LogP) is 12.2. The second-order valence-electron chi connectivity index (χ2n) is 12.3. The summed E-state index contributed by atoms with van der Waals surface area (Å²) in [5.41, 5.74) is 11.6. The monoisotopic (exact) mass is 635 g/mol. The van der Waals surface area contributed by atoms with Crippen molar-refractivity contribution < 1.29 is 0 Å². The van der Waals surface area contributed by atoms with Crippen molar-refractivity contribution in [1.82, 2.24) is 9.13 Å². The van der Waals surface area contributed by atoms with Crippen LogP contribution in [-0.2, 0) is 0 Å². The molecule has 0 aliphatic rings. The van der Waals surface area contributed by atoms with E-state index in [1.807, 2.05) is 66.7 Å². The molecule has 9 rings (SSSR count). The van der Waals surface area contributed by atoms with Crippen molar-refractivity contribution in [3.63, 3.8) is 0 Å². The molecule has 5 nitrogen and oxygen atoms in total. The number of benzene rings is 7. The summed E-state index contributed by atoms with van der Waals surface area (Å²) in [6, 6.07) is 53.4. The van der Waals surface area contributed by atoms with Crippen LogP contribution in [0, 0.1) is 24.5 Å². The molecule has 0 spiro atoms. The zero-order valence-corrected chi connectivity index (χ0v) is 26.7. The Hall–Kier alpha value is -7.39. The van der Waals surface area contributed by atoms with Crippen LogP contribution >= 0.6 is 0 Å². The highest BCUT2D eigenvalue weighted by atomic mass is 15.0. The highest BCUT2D eigenvalue weighted by Gasteiger charge is 2.19. The predicted molar refractivity (Wildman–Crippen MR) is 203 cm³/mol. The molecule has 50 heavy (non-hydrogen) atoms. The van der Waals surface area contributed by atoms with Crippen molar-refractivity contribution in [3.05, 3.63) is 180 Å². The van der Waals surface area contributed by atoms with Crippen LogP contribution in [0.15, 0.2) is 152 Å². The molecule has 5 heteroatoms. The first kappa shape index (κ1) is 28.8. The van der Waals surface area contributed by atoms with E-state index in [0.717, 1.165) is 66.5 Å². The van der Waals surface area contributed by atoms with Gasteiger partial charge in [-0.25, -0.2) is 9.69 Å². The van der Waals surface area contributed by atoms with Gasteiger partial charge in [-0.05, 0) is 82.7 Å². The topological polar surface area (TPSA) is 42.4 Å². The summed E-state index contributed by atoms with van der Waals surface area (Å²) in [7, 11) is 0. The molecular weight excluding hydrogens is 611 g/mol. The van der Waals surface area contributed by atoms with Gasteiger partial charge in [0.15, 0.2) is 11.4 Å². The van der Waals surface area contributed by atoms with Crippen LogP contribution in [0.2, 0.25) is 0 Å². The quantitative estimate of drug-likeness (QED) is 0.177. The molecule has 0 amide bonds. The Labute approximate surface area is 288 Å². The van der Waals surface area contributed by atoms with Gasteiger partial charge in [0.05, 0.1) is 46.8 Å². The molecule has 230 valence electrons. The lowest BCUT2D eigenvalue weighted by Crippen LogP contribution is -1.99. The van der Waals surface area contributed by atoms with Crippen LogP contribution in [0.5, 0.6) is 0 Å². The number of aromatic nitrogens is 2. The van der Waals surface area contributed by atoms with Crippen LogP contribution in [0.4, 0.5) is 11.4 Å². The Morgan fingerprint density at radius 2 is 1.00 bits per heavy atom. The maximum Gasteiger partial charge on any atom is 0.189 e. The molecule has 0 fully saturated rings. The molecule has 0 saturated heterocycles. The summed E-state index contributed by atoms with van der Waals surface area (Å²) in [6.45, 7) is 15.5. The molecule has 2 heterocycles. The summed E-state index contributed by atoms with van der Waals surface area (Å²) in [5.74, 6) is 0. The fraction of sp³-hybridized carbons (Fsp3) is 0. The lowest BCUT2D eigenvalue weighted by Gasteiger charge is -2.18. The molecule has 0 N–H and O–H groups in total. The van der Waals surface area contributed by atoms with Gasteiger partial charge in [-0.1, -0.05) is 91.0 Å². The molecule has 0 aliphatic heterocycles. The average molecular weight is 636 g/mol. The zero-order chi connectivity index (χ0) is 33.8. The van der Waals surface area contributed by atoms with Gasteiger partial charge in [-0.2, -0.15) is 5.26 Å². The van der Waals surface area contributed by atoms with E-state index in [1.165, 1.54) is 10.8 Å². The fourth-order valence-corrected chi connectivity index (χ4v) is 7.37. The van der Waals surface area contributed by atoms with Crippen molar-refractivity contribution in [2.24, 2.45) is 0 Å². The molecule has 0 aliphatic carbocycles. The molecule has 0 bridgehead atoms. The fourth-order valence-electron chi connectivity index (χ4n) is 7.37. The molecule has 9 aromatic rings. The van der Waals surface area contributed by atoms with Crippen molar-refractivity contribution in [1.29, 1.82) is 5.26 Å². The van der Waals surface area contributed by atoms with E-state index in [0.29, 0.717) is 16.9 Å². The van der Waals surface area contributed by atoms with Crippen molar-refractivity contribution in [2.45, 2.75) is 0 Å². The van der Waals surface area contributed by atoms with Gasteiger partial charge >= 0.3 is 0 Å². The van der Waals surface area contributed by atoms with E-state index in [9.17, 15) is 5.26 Å². The van der Waals surface area contributed by atoms with Crippen LogP contribution in [0.1, 0.15) is 5.56 Å². The summed E-state index contributed by atoms with van der Waals surface area (Å²) in [4.78, 5) is 7.49. The van der Waals surface area contributed by atoms with Gasteiger partial charge in [0.2, 0.25) is 0 Å². The number of hydrogen-bond acceptors (Lipinski definition) is 1. The highest BCUT2D eigenvalue weighted by molar-refractivity contribution is 6.11. The third-order valence-corrected chi connectivity index (χ3v) is 9.59. The lowest BCUT2D eigenvalue weighted by atomic mass is 9.91. The minimum atomic E-state index is 0.526. The molecule has 0 atom stereocenters. The van der Waals surface area contributed by atoms with E-state index in [-0.39, 0.29) is 0 Å². The average Bonchev–Trinajstić information content (AvgIpc) is 3.70. The van der Waals surface area contributed by atoms with Gasteiger partial charge in [0, 0.05) is 33.1 Å². The minimum absolute atomic E-state index is 0.526. The summed E-state index contributed by atoms with van der Waals surface area (Å²) >= 11 is 0. The van der Waals surface area contributed by atoms with Gasteiger partial charge in [0.1, 0.15) is 0 Å². The first-order chi connectivity index (χ1) is 24.7. The molecule has 2 aromatic heterocycles. The summed E-state index contributed by atoms with van der Waals surface area (Å²) in [6.07, 6.45) is 0. The Bertz CT molecular complexity index is 2900. The zero-order valence-electron chi connectivity index (χ0n) is 26.7. The van der Waals surface area contributed by atoms with Gasteiger partial charge in [-0.3, -0.25) is 0 Å². The van der Waals surface area contributed by atoms with E-state index in [4.69, 9.17) is 13.1 Å². The van der Waals surface area contributed by atoms with Gasteiger partial charge < -0.3 is 9.13 Å². The third-order valence-electron chi connectivity index (χ3n) is 9.59. The Morgan fingerprint density at radius 3 is 1.64 bits per heavy atom. The Morgan fingerprint density at radius 1 is 0.460 bits per heavy atom. The summed E-state index contributed by atoms with van der Waals surface area (Å²) < 4.78 is 4.49. The maximum atomic E-state index is 9.98.